The number of nitrogens with two attached hydrogens (primary N) is 1. The van der Waals surface area contributed by atoms with Gasteiger partial charge in [0.25, 0.3) is 0 Å². The van der Waals surface area contributed by atoms with Crippen LogP contribution >= 0.6 is 51.3 Å². The van der Waals surface area contributed by atoms with E-state index < -0.39 is 0 Å². The standard InChI is InChI=1S/C14H10BrCl2NOS/c1-7-3-2-4-8(14(18)20)13(7)19-12-6-10(16)9(15)5-11(12)17/h2-6H,1H3,(H2,18,20). The summed E-state index contributed by atoms with van der Waals surface area (Å²) in [7, 11) is 0. The van der Waals surface area contributed by atoms with Crippen LogP contribution in [-0.4, -0.2) is 4.99 Å². The predicted octanol–water partition coefficient (Wildman–Crippen LogP) is 5.49. The molecule has 2 nitrogen and oxygen atoms in total. The molecule has 0 saturated carbocycles. The largest absolute Gasteiger partial charge is 0.455 e. The lowest BCUT2D eigenvalue weighted by atomic mass is 10.1. The molecule has 0 aliphatic rings. The first-order chi connectivity index (χ1) is 9.40. The fraction of sp³-hybridized carbons (Fsp3) is 0.0714. The van der Waals surface area contributed by atoms with E-state index >= 15 is 0 Å². The van der Waals surface area contributed by atoms with Gasteiger partial charge in [0, 0.05) is 10.5 Å². The fourth-order valence-electron chi connectivity index (χ4n) is 1.67. The minimum atomic E-state index is 0.267. The molecule has 0 amide bonds. The van der Waals surface area contributed by atoms with Gasteiger partial charge in [-0.2, -0.15) is 0 Å². The summed E-state index contributed by atoms with van der Waals surface area (Å²) in [6, 6.07) is 8.90. The van der Waals surface area contributed by atoms with Crippen molar-refractivity contribution in [3.8, 4) is 11.5 Å². The Morgan fingerprint density at radius 1 is 1.25 bits per heavy atom. The van der Waals surface area contributed by atoms with Crippen molar-refractivity contribution in [1.82, 2.24) is 0 Å². The lowest BCUT2D eigenvalue weighted by Gasteiger charge is -2.14. The van der Waals surface area contributed by atoms with Crippen LogP contribution in [-0.2, 0) is 0 Å². The van der Waals surface area contributed by atoms with E-state index in [1.54, 1.807) is 18.2 Å². The molecular weight excluding hydrogens is 381 g/mol. The molecule has 0 unspecified atom stereocenters. The minimum Gasteiger partial charge on any atom is -0.455 e. The van der Waals surface area contributed by atoms with Crippen molar-refractivity contribution in [2.24, 2.45) is 5.73 Å². The first-order valence-corrected chi connectivity index (χ1v) is 7.57. The highest BCUT2D eigenvalue weighted by atomic mass is 79.9. The van der Waals surface area contributed by atoms with Crippen molar-refractivity contribution in [3.05, 3.63) is 56.0 Å². The maximum absolute atomic E-state index is 6.16. The maximum atomic E-state index is 6.16. The Labute approximate surface area is 141 Å². The second-order valence-corrected chi connectivity index (χ2v) is 6.22. The number of hydrogen-bond donors (Lipinski definition) is 1. The summed E-state index contributed by atoms with van der Waals surface area (Å²) in [5.74, 6) is 1.03. The van der Waals surface area contributed by atoms with E-state index in [4.69, 9.17) is 45.9 Å². The average molecular weight is 391 g/mol. The van der Waals surface area contributed by atoms with E-state index in [-0.39, 0.29) is 4.99 Å². The molecule has 0 aromatic heterocycles. The van der Waals surface area contributed by atoms with Gasteiger partial charge in [0.1, 0.15) is 16.5 Å². The normalized spacial score (nSPS) is 10.4. The van der Waals surface area contributed by atoms with E-state index in [1.807, 2.05) is 19.1 Å². The van der Waals surface area contributed by atoms with Crippen LogP contribution in [0.1, 0.15) is 11.1 Å². The van der Waals surface area contributed by atoms with E-state index in [9.17, 15) is 0 Å². The van der Waals surface area contributed by atoms with E-state index in [2.05, 4.69) is 15.9 Å². The van der Waals surface area contributed by atoms with Gasteiger partial charge in [0.15, 0.2) is 0 Å². The molecule has 0 radical (unpaired) electrons. The van der Waals surface area contributed by atoms with E-state index in [1.165, 1.54) is 0 Å². The number of hydrogen-bond acceptors (Lipinski definition) is 2. The lowest BCUT2D eigenvalue weighted by molar-refractivity contribution is 0.478. The Morgan fingerprint density at radius 2 is 1.95 bits per heavy atom. The third-order valence-corrected chi connectivity index (χ3v) is 4.38. The third kappa shape index (κ3) is 3.26. The molecule has 2 aromatic rings. The molecule has 104 valence electrons. The summed E-state index contributed by atoms with van der Waals surface area (Å²) in [4.78, 5) is 0.267. The van der Waals surface area contributed by atoms with Crippen LogP contribution in [0, 0.1) is 6.92 Å². The molecule has 0 aliphatic carbocycles. The van der Waals surface area contributed by atoms with Crippen LogP contribution in [0.3, 0.4) is 0 Å². The molecule has 0 fully saturated rings. The van der Waals surface area contributed by atoms with E-state index in [0.717, 1.165) is 5.56 Å². The summed E-state index contributed by atoms with van der Waals surface area (Å²) >= 11 is 20.6. The molecule has 0 atom stereocenters. The Balaban J connectivity index is 2.50. The van der Waals surface area contributed by atoms with Crippen molar-refractivity contribution in [2.45, 2.75) is 6.92 Å². The van der Waals surface area contributed by atoms with Crippen molar-refractivity contribution in [1.29, 1.82) is 0 Å². The van der Waals surface area contributed by atoms with Crippen LogP contribution in [0.4, 0.5) is 0 Å². The summed E-state index contributed by atoms with van der Waals surface area (Å²) < 4.78 is 6.57. The van der Waals surface area contributed by atoms with Crippen molar-refractivity contribution < 1.29 is 4.74 Å². The molecule has 0 saturated heterocycles. The highest BCUT2D eigenvalue weighted by molar-refractivity contribution is 9.10. The summed E-state index contributed by atoms with van der Waals surface area (Å²) in [6.45, 7) is 1.91. The predicted molar refractivity (Wildman–Crippen MR) is 91.3 cm³/mol. The third-order valence-electron chi connectivity index (χ3n) is 2.66. The van der Waals surface area contributed by atoms with Gasteiger partial charge in [0.2, 0.25) is 0 Å². The zero-order valence-corrected chi connectivity index (χ0v) is 14.3. The van der Waals surface area contributed by atoms with Crippen LogP contribution in [0.15, 0.2) is 34.8 Å². The van der Waals surface area contributed by atoms with Crippen LogP contribution in [0.2, 0.25) is 10.0 Å². The van der Waals surface area contributed by atoms with Gasteiger partial charge in [-0.1, -0.05) is 47.6 Å². The summed E-state index contributed by atoms with van der Waals surface area (Å²) in [6.07, 6.45) is 0. The van der Waals surface area contributed by atoms with Crippen molar-refractivity contribution in [2.75, 3.05) is 0 Å². The number of thiocarbonyl (C=S) groups is 1. The highest BCUT2D eigenvalue weighted by Crippen LogP contribution is 2.38. The average Bonchev–Trinajstić information content (AvgIpc) is 2.37. The first kappa shape index (κ1) is 15.6. The fourth-order valence-corrected chi connectivity index (χ4v) is 2.67. The quantitative estimate of drug-likeness (QED) is 0.555. The number of aryl methyl sites for hydroxylation is 1. The van der Waals surface area contributed by atoms with Crippen LogP contribution in [0.25, 0.3) is 0 Å². The molecule has 2 N–H and O–H groups in total. The molecule has 0 bridgehead atoms. The zero-order valence-electron chi connectivity index (χ0n) is 10.4. The number of ether oxygens (including phenoxy) is 1. The number of para-hydroxylation sites is 1. The molecule has 0 heterocycles. The van der Waals surface area contributed by atoms with Gasteiger partial charge >= 0.3 is 0 Å². The monoisotopic (exact) mass is 389 g/mol. The van der Waals surface area contributed by atoms with Crippen molar-refractivity contribution in [3.63, 3.8) is 0 Å². The summed E-state index contributed by atoms with van der Waals surface area (Å²) in [5, 5.41) is 0.952. The minimum absolute atomic E-state index is 0.267. The summed E-state index contributed by atoms with van der Waals surface area (Å²) in [5.41, 5.74) is 7.28. The zero-order chi connectivity index (χ0) is 14.9. The van der Waals surface area contributed by atoms with E-state index in [0.29, 0.717) is 31.6 Å². The molecule has 0 spiro atoms. The molecule has 6 heteroatoms. The SMILES string of the molecule is Cc1cccc(C(N)=S)c1Oc1cc(Cl)c(Br)cc1Cl. The Hall–Kier alpha value is -0.810. The number of rotatable bonds is 3. The van der Waals surface area contributed by atoms with Gasteiger partial charge in [-0.25, -0.2) is 0 Å². The van der Waals surface area contributed by atoms with Gasteiger partial charge in [0.05, 0.1) is 15.6 Å². The van der Waals surface area contributed by atoms with Crippen LogP contribution < -0.4 is 10.5 Å². The number of benzene rings is 2. The van der Waals surface area contributed by atoms with Gasteiger partial charge in [-0.15, -0.1) is 0 Å². The molecule has 2 rings (SSSR count). The Morgan fingerprint density at radius 3 is 2.60 bits per heavy atom. The highest BCUT2D eigenvalue weighted by Gasteiger charge is 2.13. The van der Waals surface area contributed by atoms with Gasteiger partial charge in [-0.05, 0) is 40.5 Å². The van der Waals surface area contributed by atoms with Crippen molar-refractivity contribution >= 4 is 56.3 Å². The van der Waals surface area contributed by atoms with Gasteiger partial charge < -0.3 is 10.5 Å². The Kier molecular flexibility index (Phi) is 4.91. The lowest BCUT2D eigenvalue weighted by Crippen LogP contribution is -2.11. The maximum Gasteiger partial charge on any atom is 0.147 e. The second-order valence-electron chi connectivity index (χ2n) is 4.11. The van der Waals surface area contributed by atoms with Crippen LogP contribution in [0.5, 0.6) is 11.5 Å². The second kappa shape index (κ2) is 6.31. The molecular formula is C14H10BrCl2NOS. The Bertz CT molecular complexity index is 691. The molecule has 0 aliphatic heterocycles. The smallest absolute Gasteiger partial charge is 0.147 e. The topological polar surface area (TPSA) is 35.2 Å². The first-order valence-electron chi connectivity index (χ1n) is 5.62. The number of halogens is 3. The molecule has 2 aromatic carbocycles. The molecule has 20 heavy (non-hydrogen) atoms. The van der Waals surface area contributed by atoms with Gasteiger partial charge in [-0.3, -0.25) is 0 Å².